The molecule has 0 saturated carbocycles. The molecule has 0 radical (unpaired) electrons. The molecule has 2 atom stereocenters. The van der Waals surface area contributed by atoms with Gasteiger partial charge in [-0.05, 0) is 31.9 Å². The first-order chi connectivity index (χ1) is 8.47. The van der Waals surface area contributed by atoms with E-state index in [1.165, 1.54) is 11.1 Å². The molecule has 3 heteroatoms. The minimum atomic E-state index is -0.131. The summed E-state index contributed by atoms with van der Waals surface area (Å²) in [7, 11) is 0. The van der Waals surface area contributed by atoms with Crippen molar-refractivity contribution in [1.82, 2.24) is 4.90 Å². The first-order valence-corrected chi connectivity index (χ1v) is 6.56. The fourth-order valence-corrected chi connectivity index (χ4v) is 1.85. The fourth-order valence-electron chi connectivity index (χ4n) is 1.85. The maximum atomic E-state index is 12.3. The van der Waals surface area contributed by atoms with Crippen molar-refractivity contribution in [2.45, 2.75) is 40.3 Å². The minimum absolute atomic E-state index is 0.108. The summed E-state index contributed by atoms with van der Waals surface area (Å²) in [5, 5.41) is 0. The maximum absolute atomic E-state index is 12.3. The van der Waals surface area contributed by atoms with Crippen LogP contribution in [-0.4, -0.2) is 23.4 Å². The maximum Gasteiger partial charge on any atom is 0.227 e. The van der Waals surface area contributed by atoms with Crippen molar-refractivity contribution in [3.8, 4) is 0 Å². The van der Waals surface area contributed by atoms with E-state index in [9.17, 15) is 4.79 Å². The quantitative estimate of drug-likeness (QED) is 0.869. The normalized spacial score (nSPS) is 14.1. The average Bonchev–Trinajstić information content (AvgIpc) is 2.36. The number of nitrogens with zero attached hydrogens (tertiary/aromatic N) is 1. The van der Waals surface area contributed by atoms with Crippen LogP contribution in [0.5, 0.6) is 0 Å². The van der Waals surface area contributed by atoms with Gasteiger partial charge in [0.25, 0.3) is 0 Å². The number of rotatable bonds is 5. The summed E-state index contributed by atoms with van der Waals surface area (Å²) in [6.07, 6.45) is 0. The van der Waals surface area contributed by atoms with Crippen molar-refractivity contribution in [3.63, 3.8) is 0 Å². The summed E-state index contributed by atoms with van der Waals surface area (Å²) in [5.74, 6) is 0.00437. The van der Waals surface area contributed by atoms with Gasteiger partial charge in [-0.15, -0.1) is 0 Å². The summed E-state index contributed by atoms with van der Waals surface area (Å²) in [4.78, 5) is 14.1. The Hall–Kier alpha value is -1.35. The highest BCUT2D eigenvalue weighted by Crippen LogP contribution is 2.13. The second kappa shape index (κ2) is 6.55. The van der Waals surface area contributed by atoms with Crippen molar-refractivity contribution in [3.05, 3.63) is 35.4 Å². The standard InChI is InChI=1S/C15H24N2O/c1-5-17(15(18)12(3)13(4)16)10-14-9-7-6-8-11(14)2/h6-9,12-13H,5,10,16H2,1-4H3. The zero-order valence-electron chi connectivity index (χ0n) is 11.8. The molecule has 1 aromatic carbocycles. The number of hydrogen-bond donors (Lipinski definition) is 1. The number of benzene rings is 1. The number of nitrogens with two attached hydrogens (primary N) is 1. The Bertz CT molecular complexity index is 401. The Morgan fingerprint density at radius 3 is 2.44 bits per heavy atom. The lowest BCUT2D eigenvalue weighted by molar-refractivity contribution is -0.135. The van der Waals surface area contributed by atoms with Gasteiger partial charge >= 0.3 is 0 Å². The van der Waals surface area contributed by atoms with E-state index in [2.05, 4.69) is 19.1 Å². The van der Waals surface area contributed by atoms with Gasteiger partial charge in [0, 0.05) is 19.1 Å². The predicted octanol–water partition coefficient (Wildman–Crippen LogP) is 2.33. The van der Waals surface area contributed by atoms with E-state index in [-0.39, 0.29) is 17.9 Å². The van der Waals surface area contributed by atoms with E-state index in [0.717, 1.165) is 0 Å². The van der Waals surface area contributed by atoms with E-state index in [1.54, 1.807) is 0 Å². The molecule has 0 fully saturated rings. The van der Waals surface area contributed by atoms with Gasteiger partial charge in [0.1, 0.15) is 0 Å². The number of hydrogen-bond acceptors (Lipinski definition) is 2. The van der Waals surface area contributed by atoms with Gasteiger partial charge in [0.05, 0.1) is 5.92 Å². The van der Waals surface area contributed by atoms with Crippen LogP contribution in [0.4, 0.5) is 0 Å². The summed E-state index contributed by atoms with van der Waals surface area (Å²) >= 11 is 0. The molecule has 0 bridgehead atoms. The zero-order chi connectivity index (χ0) is 13.7. The fraction of sp³-hybridized carbons (Fsp3) is 0.533. The smallest absolute Gasteiger partial charge is 0.227 e. The van der Waals surface area contributed by atoms with Crippen LogP contribution in [0.3, 0.4) is 0 Å². The van der Waals surface area contributed by atoms with Gasteiger partial charge in [0.2, 0.25) is 5.91 Å². The zero-order valence-corrected chi connectivity index (χ0v) is 11.8. The molecule has 100 valence electrons. The van der Waals surface area contributed by atoms with Crippen molar-refractivity contribution < 1.29 is 4.79 Å². The number of carbonyl (C=O) groups is 1. The Balaban J connectivity index is 2.80. The average molecular weight is 248 g/mol. The predicted molar refractivity (Wildman–Crippen MR) is 75.1 cm³/mol. The second-order valence-corrected chi connectivity index (χ2v) is 4.93. The van der Waals surface area contributed by atoms with Crippen LogP contribution in [0.2, 0.25) is 0 Å². The summed E-state index contributed by atoms with van der Waals surface area (Å²) in [6.45, 7) is 9.23. The van der Waals surface area contributed by atoms with E-state index in [0.29, 0.717) is 13.1 Å². The van der Waals surface area contributed by atoms with Gasteiger partial charge in [-0.2, -0.15) is 0 Å². The monoisotopic (exact) mass is 248 g/mol. The highest BCUT2D eigenvalue weighted by atomic mass is 16.2. The van der Waals surface area contributed by atoms with Crippen LogP contribution in [0.15, 0.2) is 24.3 Å². The minimum Gasteiger partial charge on any atom is -0.338 e. The van der Waals surface area contributed by atoms with Crippen LogP contribution in [0.25, 0.3) is 0 Å². The third-order valence-corrected chi connectivity index (χ3v) is 3.49. The van der Waals surface area contributed by atoms with E-state index in [4.69, 9.17) is 5.73 Å². The van der Waals surface area contributed by atoms with Gasteiger partial charge in [-0.25, -0.2) is 0 Å². The van der Waals surface area contributed by atoms with Crippen molar-refractivity contribution in [1.29, 1.82) is 0 Å². The van der Waals surface area contributed by atoms with Gasteiger partial charge < -0.3 is 10.6 Å². The van der Waals surface area contributed by atoms with E-state index in [1.807, 2.05) is 37.8 Å². The van der Waals surface area contributed by atoms with E-state index < -0.39 is 0 Å². The first-order valence-electron chi connectivity index (χ1n) is 6.56. The molecule has 0 aliphatic carbocycles. The van der Waals surface area contributed by atoms with Gasteiger partial charge in [-0.3, -0.25) is 4.79 Å². The molecule has 0 heterocycles. The first kappa shape index (κ1) is 14.7. The Morgan fingerprint density at radius 1 is 1.33 bits per heavy atom. The highest BCUT2D eigenvalue weighted by molar-refractivity contribution is 5.79. The van der Waals surface area contributed by atoms with Gasteiger partial charge in [-0.1, -0.05) is 31.2 Å². The molecular weight excluding hydrogens is 224 g/mol. The number of carbonyl (C=O) groups excluding carboxylic acids is 1. The van der Waals surface area contributed by atoms with Gasteiger partial charge in [0.15, 0.2) is 0 Å². The molecule has 18 heavy (non-hydrogen) atoms. The van der Waals surface area contributed by atoms with Crippen LogP contribution in [-0.2, 0) is 11.3 Å². The van der Waals surface area contributed by atoms with E-state index >= 15 is 0 Å². The lowest BCUT2D eigenvalue weighted by Gasteiger charge is -2.26. The summed E-state index contributed by atoms with van der Waals surface area (Å²) in [6, 6.07) is 8.06. The highest BCUT2D eigenvalue weighted by Gasteiger charge is 2.22. The Labute approximate surface area is 110 Å². The molecule has 0 aromatic heterocycles. The lowest BCUT2D eigenvalue weighted by atomic mass is 10.0. The lowest BCUT2D eigenvalue weighted by Crippen LogP contribution is -2.41. The van der Waals surface area contributed by atoms with Crippen molar-refractivity contribution >= 4 is 5.91 Å². The largest absolute Gasteiger partial charge is 0.338 e. The number of aryl methyl sites for hydroxylation is 1. The van der Waals surface area contributed by atoms with Crippen LogP contribution in [0, 0.1) is 12.8 Å². The molecule has 2 N–H and O–H groups in total. The molecular formula is C15H24N2O. The molecule has 0 aliphatic rings. The van der Waals surface area contributed by atoms with Crippen LogP contribution >= 0.6 is 0 Å². The van der Waals surface area contributed by atoms with Crippen molar-refractivity contribution in [2.75, 3.05) is 6.54 Å². The molecule has 1 aromatic rings. The summed E-state index contributed by atoms with van der Waals surface area (Å²) in [5.41, 5.74) is 8.22. The Morgan fingerprint density at radius 2 is 1.94 bits per heavy atom. The SMILES string of the molecule is CCN(Cc1ccccc1C)C(=O)C(C)C(C)N. The van der Waals surface area contributed by atoms with Crippen LogP contribution < -0.4 is 5.73 Å². The Kier molecular flexibility index (Phi) is 5.35. The molecule has 1 rings (SSSR count). The third kappa shape index (κ3) is 3.57. The van der Waals surface area contributed by atoms with Crippen molar-refractivity contribution in [2.24, 2.45) is 11.7 Å². The molecule has 2 unspecified atom stereocenters. The third-order valence-electron chi connectivity index (χ3n) is 3.49. The second-order valence-electron chi connectivity index (χ2n) is 4.93. The molecule has 0 spiro atoms. The topological polar surface area (TPSA) is 46.3 Å². The number of amides is 1. The molecule has 1 amide bonds. The molecule has 0 saturated heterocycles. The summed E-state index contributed by atoms with van der Waals surface area (Å²) < 4.78 is 0. The van der Waals surface area contributed by atoms with Crippen LogP contribution in [0.1, 0.15) is 31.9 Å². The molecule has 0 aliphatic heterocycles. The molecule has 3 nitrogen and oxygen atoms in total.